The van der Waals surface area contributed by atoms with Crippen molar-refractivity contribution in [2.75, 3.05) is 24.5 Å². The van der Waals surface area contributed by atoms with Crippen molar-refractivity contribution < 1.29 is 4.39 Å². The van der Waals surface area contributed by atoms with Crippen molar-refractivity contribution in [3.8, 4) is 6.07 Å². The number of aromatic nitrogens is 1. The third-order valence-corrected chi connectivity index (χ3v) is 6.39. The monoisotopic (exact) mass is 366 g/mol. The van der Waals surface area contributed by atoms with Crippen LogP contribution in [0.4, 0.5) is 10.1 Å². The molecule has 3 fully saturated rings. The number of halogens is 1. The number of nitriles is 1. The van der Waals surface area contributed by atoms with Crippen LogP contribution in [0, 0.1) is 30.0 Å². The van der Waals surface area contributed by atoms with Crippen LogP contribution in [0.3, 0.4) is 0 Å². The van der Waals surface area contributed by atoms with Crippen molar-refractivity contribution in [2.45, 2.75) is 44.7 Å². The minimum Gasteiger partial charge on any atom is -0.366 e. The third-order valence-electron chi connectivity index (χ3n) is 6.39. The fourth-order valence-corrected chi connectivity index (χ4v) is 4.90. The van der Waals surface area contributed by atoms with Gasteiger partial charge in [-0.15, -0.1) is 0 Å². The number of fused-ring (bicyclic) bond motifs is 2. The number of benzene rings is 1. The lowest BCUT2D eigenvalue weighted by atomic mass is 9.94. The molecule has 2 aromatic rings. The number of pyridine rings is 1. The Hall–Kier alpha value is -2.39. The summed E-state index contributed by atoms with van der Waals surface area (Å²) in [5, 5.41) is 13.8. The largest absolute Gasteiger partial charge is 0.366 e. The lowest BCUT2D eigenvalue weighted by Gasteiger charge is -2.24. The van der Waals surface area contributed by atoms with Gasteiger partial charge < -0.3 is 14.8 Å². The summed E-state index contributed by atoms with van der Waals surface area (Å²) in [5.74, 6) is 0.0341. The average Bonchev–Trinajstić information content (AvgIpc) is 3.42. The molecule has 3 heterocycles. The van der Waals surface area contributed by atoms with E-state index in [4.69, 9.17) is 0 Å². The van der Waals surface area contributed by atoms with Gasteiger partial charge in [-0.2, -0.15) is 5.26 Å². The molecule has 2 atom stereocenters. The van der Waals surface area contributed by atoms with Gasteiger partial charge in [0.15, 0.2) is 5.43 Å². The zero-order valence-corrected chi connectivity index (χ0v) is 15.5. The molecule has 1 aromatic heterocycles. The summed E-state index contributed by atoms with van der Waals surface area (Å²) in [6.45, 7) is 4.23. The highest BCUT2D eigenvalue weighted by molar-refractivity contribution is 5.91. The normalized spacial score (nSPS) is 24.9. The second kappa shape index (κ2) is 6.07. The van der Waals surface area contributed by atoms with E-state index >= 15 is 4.39 Å². The quantitative estimate of drug-likeness (QED) is 0.888. The van der Waals surface area contributed by atoms with Crippen molar-refractivity contribution >= 4 is 16.6 Å². The molecule has 0 spiro atoms. The van der Waals surface area contributed by atoms with Crippen LogP contribution >= 0.6 is 0 Å². The molecule has 0 amide bonds. The molecule has 6 heteroatoms. The fraction of sp³-hybridized carbons (Fsp3) is 0.524. The number of nitrogens with zero attached hydrogens (tertiary/aromatic N) is 3. The van der Waals surface area contributed by atoms with Crippen molar-refractivity contribution in [3.63, 3.8) is 0 Å². The number of aryl methyl sites for hydroxylation is 1. The molecular formula is C21H23FN4O. The summed E-state index contributed by atoms with van der Waals surface area (Å²) in [4.78, 5) is 14.7. The highest BCUT2D eigenvalue weighted by atomic mass is 19.1. The third kappa shape index (κ3) is 2.56. The first-order valence-corrected chi connectivity index (χ1v) is 9.85. The zero-order chi connectivity index (χ0) is 18.7. The van der Waals surface area contributed by atoms with Crippen molar-refractivity contribution in [2.24, 2.45) is 5.92 Å². The maximum absolute atomic E-state index is 15.2. The van der Waals surface area contributed by atoms with Gasteiger partial charge in [-0.25, -0.2) is 4.39 Å². The standard InChI is InChI=1S/C21H23FN4O/c1-12-9-26(14-4-5-14)19-15(21(12)27)7-17(22)20(16(19)8-23)25-10-13-3-2-6-24-18(13)11-25/h7,9,13-14,18,24H,2-6,10-11H2,1H3/t13-,18+/m0/s1. The zero-order valence-electron chi connectivity index (χ0n) is 15.5. The summed E-state index contributed by atoms with van der Waals surface area (Å²) >= 11 is 0. The van der Waals surface area contributed by atoms with Gasteiger partial charge in [-0.3, -0.25) is 4.79 Å². The van der Waals surface area contributed by atoms with Gasteiger partial charge in [-0.05, 0) is 51.1 Å². The highest BCUT2D eigenvalue weighted by Gasteiger charge is 2.37. The van der Waals surface area contributed by atoms with Gasteiger partial charge in [0.05, 0.1) is 16.6 Å². The minimum atomic E-state index is -0.456. The van der Waals surface area contributed by atoms with Crippen LogP contribution in [0.5, 0.6) is 0 Å². The molecule has 1 aromatic carbocycles. The Bertz CT molecular complexity index is 1020. The fourth-order valence-electron chi connectivity index (χ4n) is 4.90. The van der Waals surface area contributed by atoms with Gasteiger partial charge in [0.2, 0.25) is 0 Å². The Kier molecular flexibility index (Phi) is 3.76. The van der Waals surface area contributed by atoms with Gasteiger partial charge in [0.1, 0.15) is 17.4 Å². The van der Waals surface area contributed by atoms with E-state index in [1.807, 2.05) is 15.7 Å². The summed E-state index contributed by atoms with van der Waals surface area (Å²) < 4.78 is 17.2. The van der Waals surface area contributed by atoms with Crippen molar-refractivity contribution in [1.82, 2.24) is 9.88 Å². The molecule has 5 rings (SSSR count). The van der Waals surface area contributed by atoms with Gasteiger partial charge in [0, 0.05) is 36.9 Å². The molecule has 0 radical (unpaired) electrons. The van der Waals surface area contributed by atoms with Crippen LogP contribution in [-0.4, -0.2) is 30.2 Å². The van der Waals surface area contributed by atoms with Crippen molar-refractivity contribution in [1.29, 1.82) is 5.26 Å². The lowest BCUT2D eigenvalue weighted by Crippen LogP contribution is -2.40. The number of hydrogen-bond acceptors (Lipinski definition) is 4. The van der Waals surface area contributed by atoms with E-state index in [-0.39, 0.29) is 5.43 Å². The summed E-state index contributed by atoms with van der Waals surface area (Å²) in [7, 11) is 0. The first kappa shape index (κ1) is 16.8. The number of rotatable bonds is 2. The molecule has 0 unspecified atom stereocenters. The van der Waals surface area contributed by atoms with Crippen LogP contribution in [-0.2, 0) is 0 Å². The molecule has 1 saturated carbocycles. The smallest absolute Gasteiger partial charge is 0.192 e. The van der Waals surface area contributed by atoms with E-state index in [1.165, 1.54) is 6.07 Å². The topological polar surface area (TPSA) is 61.1 Å². The lowest BCUT2D eigenvalue weighted by molar-refractivity contribution is 0.340. The summed E-state index contributed by atoms with van der Waals surface area (Å²) in [6, 6.07) is 4.26. The van der Waals surface area contributed by atoms with E-state index in [1.54, 1.807) is 6.92 Å². The molecule has 27 heavy (non-hydrogen) atoms. The van der Waals surface area contributed by atoms with Gasteiger partial charge in [-0.1, -0.05) is 0 Å². The molecule has 3 aliphatic rings. The van der Waals surface area contributed by atoms with E-state index in [2.05, 4.69) is 11.4 Å². The number of piperidine rings is 1. The van der Waals surface area contributed by atoms with E-state index in [0.29, 0.717) is 52.3 Å². The first-order chi connectivity index (χ1) is 13.1. The molecule has 1 aliphatic carbocycles. The van der Waals surface area contributed by atoms with Crippen LogP contribution in [0.15, 0.2) is 17.1 Å². The Labute approximate surface area is 157 Å². The SMILES string of the molecule is Cc1cn(C2CC2)c2c(C#N)c(N3C[C@@H]4CCCN[C@@H]4C3)c(F)cc2c1=O. The molecular weight excluding hydrogens is 343 g/mol. The van der Waals surface area contributed by atoms with Crippen LogP contribution < -0.4 is 15.6 Å². The van der Waals surface area contributed by atoms with Crippen LogP contribution in [0.1, 0.15) is 42.9 Å². The molecule has 140 valence electrons. The van der Waals surface area contributed by atoms with Gasteiger partial charge in [0.25, 0.3) is 0 Å². The van der Waals surface area contributed by atoms with Crippen LogP contribution in [0.25, 0.3) is 10.9 Å². The molecule has 5 nitrogen and oxygen atoms in total. The van der Waals surface area contributed by atoms with E-state index in [0.717, 1.165) is 38.8 Å². The molecule has 2 saturated heterocycles. The average molecular weight is 366 g/mol. The molecule has 1 N–H and O–H groups in total. The van der Waals surface area contributed by atoms with Gasteiger partial charge >= 0.3 is 0 Å². The Balaban J connectivity index is 1.73. The maximum atomic E-state index is 15.2. The van der Waals surface area contributed by atoms with Crippen molar-refractivity contribution in [3.05, 3.63) is 39.4 Å². The first-order valence-electron chi connectivity index (χ1n) is 9.85. The Morgan fingerprint density at radius 3 is 2.81 bits per heavy atom. The second-order valence-corrected chi connectivity index (χ2v) is 8.24. The molecule has 0 bridgehead atoms. The second-order valence-electron chi connectivity index (χ2n) is 8.24. The summed E-state index contributed by atoms with van der Waals surface area (Å²) in [6.07, 6.45) is 6.19. The Morgan fingerprint density at radius 1 is 1.30 bits per heavy atom. The van der Waals surface area contributed by atoms with E-state index < -0.39 is 5.82 Å². The number of anilines is 1. The predicted molar refractivity (Wildman–Crippen MR) is 103 cm³/mol. The molecule has 2 aliphatic heterocycles. The number of nitrogens with one attached hydrogen (secondary N) is 1. The maximum Gasteiger partial charge on any atom is 0.192 e. The highest BCUT2D eigenvalue weighted by Crippen LogP contribution is 2.41. The summed E-state index contributed by atoms with van der Waals surface area (Å²) in [5.41, 5.74) is 1.71. The predicted octanol–water partition coefficient (Wildman–Crippen LogP) is 2.84. The Morgan fingerprint density at radius 2 is 2.11 bits per heavy atom. The minimum absolute atomic E-state index is 0.180. The number of hydrogen-bond donors (Lipinski definition) is 1. The van der Waals surface area contributed by atoms with E-state index in [9.17, 15) is 10.1 Å². The van der Waals surface area contributed by atoms with Crippen LogP contribution in [0.2, 0.25) is 0 Å².